The van der Waals surface area contributed by atoms with E-state index in [0.29, 0.717) is 6.54 Å². The van der Waals surface area contributed by atoms with Crippen molar-refractivity contribution in [3.8, 4) is 0 Å². The second kappa shape index (κ2) is 6.32. The Morgan fingerprint density at radius 1 is 1.09 bits per heavy atom. The van der Waals surface area contributed by atoms with E-state index >= 15 is 0 Å². The summed E-state index contributed by atoms with van der Waals surface area (Å²) < 4.78 is 5.50. The standard InChI is InChI=1S/C17H19NO4/c19-16(18-10-4-7-11-5-2-1-3-6-11)14-12-8-9-13(22-12)15(14)17(20)21/h1-3,5-6,8-9,12-15H,4,7,10H2,(H,18,19)(H,20,21)/t12-,13-,14+,15-/m1/s1. The average Bonchev–Trinajstić information content (AvgIpc) is 3.13. The Bertz CT molecular complexity index is 584. The third-order valence-electron chi connectivity index (χ3n) is 4.27. The van der Waals surface area contributed by atoms with Gasteiger partial charge in [-0.05, 0) is 18.4 Å². The maximum Gasteiger partial charge on any atom is 0.310 e. The van der Waals surface area contributed by atoms with Gasteiger partial charge in [-0.3, -0.25) is 9.59 Å². The molecule has 2 heterocycles. The highest BCUT2D eigenvalue weighted by Gasteiger charge is 2.53. The van der Waals surface area contributed by atoms with Crippen molar-refractivity contribution >= 4 is 11.9 Å². The first-order chi connectivity index (χ1) is 10.7. The van der Waals surface area contributed by atoms with Gasteiger partial charge < -0.3 is 15.2 Å². The van der Waals surface area contributed by atoms with Gasteiger partial charge in [0, 0.05) is 6.54 Å². The fraction of sp³-hybridized carbons (Fsp3) is 0.412. The molecule has 5 nitrogen and oxygen atoms in total. The van der Waals surface area contributed by atoms with Crippen LogP contribution in [-0.2, 0) is 20.7 Å². The number of fused-ring (bicyclic) bond motifs is 2. The molecule has 2 bridgehead atoms. The molecule has 2 aliphatic rings. The number of amides is 1. The van der Waals surface area contributed by atoms with Gasteiger partial charge in [0.05, 0.1) is 18.1 Å². The molecule has 0 aliphatic carbocycles. The van der Waals surface area contributed by atoms with E-state index < -0.39 is 30.0 Å². The van der Waals surface area contributed by atoms with E-state index in [9.17, 15) is 14.7 Å². The average molecular weight is 301 g/mol. The zero-order valence-electron chi connectivity index (χ0n) is 12.1. The Hall–Kier alpha value is -2.14. The summed E-state index contributed by atoms with van der Waals surface area (Å²) in [6.45, 7) is 0.539. The molecule has 1 aromatic rings. The molecule has 1 aromatic carbocycles. The number of benzene rings is 1. The van der Waals surface area contributed by atoms with E-state index in [1.807, 2.05) is 18.2 Å². The number of carbonyl (C=O) groups excluding carboxylic acids is 1. The lowest BCUT2D eigenvalue weighted by atomic mass is 9.82. The number of ether oxygens (including phenoxy) is 1. The lowest BCUT2D eigenvalue weighted by Gasteiger charge is -2.20. The number of nitrogens with one attached hydrogen (secondary N) is 1. The van der Waals surface area contributed by atoms with Crippen LogP contribution in [0, 0.1) is 11.8 Å². The van der Waals surface area contributed by atoms with Crippen LogP contribution < -0.4 is 5.32 Å². The summed E-state index contributed by atoms with van der Waals surface area (Å²) in [7, 11) is 0. The lowest BCUT2D eigenvalue weighted by molar-refractivity contribution is -0.146. The second-order valence-corrected chi connectivity index (χ2v) is 5.72. The minimum Gasteiger partial charge on any atom is -0.481 e. The van der Waals surface area contributed by atoms with Gasteiger partial charge in [-0.15, -0.1) is 0 Å². The van der Waals surface area contributed by atoms with Gasteiger partial charge in [0.2, 0.25) is 5.91 Å². The molecule has 4 atom stereocenters. The largest absolute Gasteiger partial charge is 0.481 e. The van der Waals surface area contributed by atoms with Gasteiger partial charge in [-0.25, -0.2) is 0 Å². The molecule has 2 aliphatic heterocycles. The van der Waals surface area contributed by atoms with Crippen molar-refractivity contribution in [1.82, 2.24) is 5.32 Å². The van der Waals surface area contributed by atoms with Crippen molar-refractivity contribution in [3.05, 3.63) is 48.0 Å². The number of aryl methyl sites for hydroxylation is 1. The minimum atomic E-state index is -0.971. The van der Waals surface area contributed by atoms with Crippen LogP contribution in [0.5, 0.6) is 0 Å². The molecule has 22 heavy (non-hydrogen) atoms. The van der Waals surface area contributed by atoms with Gasteiger partial charge in [0.1, 0.15) is 5.92 Å². The zero-order valence-corrected chi connectivity index (χ0v) is 12.1. The van der Waals surface area contributed by atoms with Crippen LogP contribution in [0.15, 0.2) is 42.5 Å². The summed E-state index contributed by atoms with van der Waals surface area (Å²) in [6, 6.07) is 10.1. The highest BCUT2D eigenvalue weighted by atomic mass is 16.5. The predicted octanol–water partition coefficient (Wildman–Crippen LogP) is 1.39. The van der Waals surface area contributed by atoms with Crippen LogP contribution in [0.3, 0.4) is 0 Å². The fourth-order valence-electron chi connectivity index (χ4n) is 3.18. The highest BCUT2D eigenvalue weighted by Crippen LogP contribution is 2.39. The van der Waals surface area contributed by atoms with E-state index in [2.05, 4.69) is 17.4 Å². The van der Waals surface area contributed by atoms with Crippen molar-refractivity contribution in [2.75, 3.05) is 6.54 Å². The van der Waals surface area contributed by atoms with Gasteiger partial charge in [0.15, 0.2) is 0 Å². The van der Waals surface area contributed by atoms with Gasteiger partial charge in [-0.2, -0.15) is 0 Å². The Morgan fingerprint density at radius 3 is 2.45 bits per heavy atom. The molecule has 116 valence electrons. The summed E-state index contributed by atoms with van der Waals surface area (Å²) in [6.07, 6.45) is 4.37. The smallest absolute Gasteiger partial charge is 0.310 e. The molecule has 3 rings (SSSR count). The Morgan fingerprint density at radius 2 is 1.77 bits per heavy atom. The van der Waals surface area contributed by atoms with Crippen LogP contribution in [0.1, 0.15) is 12.0 Å². The molecule has 0 saturated carbocycles. The molecule has 0 spiro atoms. The summed E-state index contributed by atoms with van der Waals surface area (Å²) in [4.78, 5) is 23.6. The summed E-state index contributed by atoms with van der Waals surface area (Å²) >= 11 is 0. The topological polar surface area (TPSA) is 75.6 Å². The van der Waals surface area contributed by atoms with Gasteiger partial charge in [0.25, 0.3) is 0 Å². The minimum absolute atomic E-state index is 0.225. The first-order valence-electron chi connectivity index (χ1n) is 7.55. The predicted molar refractivity (Wildman–Crippen MR) is 80.2 cm³/mol. The maximum atomic E-state index is 12.3. The Balaban J connectivity index is 1.50. The van der Waals surface area contributed by atoms with Crippen LogP contribution in [0.2, 0.25) is 0 Å². The number of carboxylic acids is 1. The quantitative estimate of drug-likeness (QED) is 0.615. The number of carbonyl (C=O) groups is 2. The molecular weight excluding hydrogens is 282 g/mol. The van der Waals surface area contributed by atoms with Gasteiger partial charge >= 0.3 is 5.97 Å². The molecule has 2 N–H and O–H groups in total. The van der Waals surface area contributed by atoms with Crippen LogP contribution in [0.25, 0.3) is 0 Å². The van der Waals surface area contributed by atoms with E-state index in [4.69, 9.17) is 4.74 Å². The first kappa shape index (κ1) is 14.8. The molecule has 0 unspecified atom stereocenters. The molecule has 0 aromatic heterocycles. The summed E-state index contributed by atoms with van der Waals surface area (Å²) in [5.41, 5.74) is 1.23. The monoisotopic (exact) mass is 301 g/mol. The van der Waals surface area contributed by atoms with Crippen molar-refractivity contribution in [2.45, 2.75) is 25.0 Å². The molecule has 1 amide bonds. The maximum absolute atomic E-state index is 12.3. The first-order valence-corrected chi connectivity index (χ1v) is 7.55. The molecule has 5 heteroatoms. The van der Waals surface area contributed by atoms with Crippen molar-refractivity contribution in [2.24, 2.45) is 11.8 Å². The van der Waals surface area contributed by atoms with E-state index in [0.717, 1.165) is 12.8 Å². The summed E-state index contributed by atoms with van der Waals surface area (Å²) in [5.74, 6) is -2.59. The Kier molecular flexibility index (Phi) is 4.24. The number of hydrogen-bond donors (Lipinski definition) is 2. The van der Waals surface area contributed by atoms with E-state index in [1.165, 1.54) is 5.56 Å². The van der Waals surface area contributed by atoms with Crippen molar-refractivity contribution in [3.63, 3.8) is 0 Å². The Labute approximate surface area is 129 Å². The second-order valence-electron chi connectivity index (χ2n) is 5.72. The highest BCUT2D eigenvalue weighted by molar-refractivity contribution is 5.87. The number of carboxylic acid groups (broad SMARTS) is 1. The van der Waals surface area contributed by atoms with E-state index in [-0.39, 0.29) is 5.91 Å². The normalized spacial score (nSPS) is 28.7. The third kappa shape index (κ3) is 2.90. The molecular formula is C17H19NO4. The van der Waals surface area contributed by atoms with E-state index in [1.54, 1.807) is 12.2 Å². The number of aliphatic carboxylic acids is 1. The fourth-order valence-corrected chi connectivity index (χ4v) is 3.18. The molecule has 1 fully saturated rings. The molecule has 0 radical (unpaired) electrons. The van der Waals surface area contributed by atoms with Crippen LogP contribution >= 0.6 is 0 Å². The van der Waals surface area contributed by atoms with Crippen molar-refractivity contribution < 1.29 is 19.4 Å². The molecule has 1 saturated heterocycles. The zero-order chi connectivity index (χ0) is 15.5. The van der Waals surface area contributed by atoms with Crippen molar-refractivity contribution in [1.29, 1.82) is 0 Å². The summed E-state index contributed by atoms with van der Waals surface area (Å²) in [5, 5.41) is 12.1. The number of hydrogen-bond acceptors (Lipinski definition) is 3. The van der Waals surface area contributed by atoms with Gasteiger partial charge in [-0.1, -0.05) is 42.5 Å². The van der Waals surface area contributed by atoms with Crippen LogP contribution in [0.4, 0.5) is 0 Å². The van der Waals surface area contributed by atoms with Crippen LogP contribution in [-0.4, -0.2) is 35.7 Å². The number of rotatable bonds is 6. The SMILES string of the molecule is O=C(NCCCc1ccccc1)[C@@H]1[C@H](C(=O)O)[C@H]2C=C[C@H]1O2. The third-order valence-corrected chi connectivity index (χ3v) is 4.27. The lowest BCUT2D eigenvalue weighted by Crippen LogP contribution is -2.42.